The molecule has 112 valence electrons. The molecule has 4 heteroatoms. The van der Waals surface area contributed by atoms with Crippen LogP contribution in [-0.2, 0) is 0 Å². The number of nitrogens with one attached hydrogen (secondary N) is 1. The minimum absolute atomic E-state index is 0.505. The predicted molar refractivity (Wildman–Crippen MR) is 91.4 cm³/mol. The average Bonchev–Trinajstić information content (AvgIpc) is 2.85. The third-order valence-electron chi connectivity index (χ3n) is 4.37. The third-order valence-corrected chi connectivity index (χ3v) is 4.96. The number of aromatic nitrogens is 1. The molecule has 2 nitrogen and oxygen atoms in total. The van der Waals surface area contributed by atoms with E-state index < -0.39 is 0 Å². The maximum absolute atomic E-state index is 6.17. The summed E-state index contributed by atoms with van der Waals surface area (Å²) in [6.45, 7) is 0. The third kappa shape index (κ3) is 2.37. The van der Waals surface area contributed by atoms with Crippen molar-refractivity contribution in [3.05, 3.63) is 58.2 Å². The molecule has 22 heavy (non-hydrogen) atoms. The summed E-state index contributed by atoms with van der Waals surface area (Å²) in [4.78, 5) is 3.34. The second-order valence-corrected chi connectivity index (χ2v) is 6.55. The SMILES string of the molecule is Clc1cccc(Cl)c1Oc1ccc2[nH]cc(C3CCC3)c2c1. The van der Waals surface area contributed by atoms with Crippen molar-refractivity contribution < 1.29 is 4.74 Å². The van der Waals surface area contributed by atoms with Gasteiger partial charge in [0.25, 0.3) is 0 Å². The van der Waals surface area contributed by atoms with E-state index in [1.165, 1.54) is 30.2 Å². The highest BCUT2D eigenvalue weighted by Gasteiger charge is 2.22. The van der Waals surface area contributed by atoms with Crippen LogP contribution in [0.5, 0.6) is 11.5 Å². The van der Waals surface area contributed by atoms with Gasteiger partial charge in [-0.25, -0.2) is 0 Å². The van der Waals surface area contributed by atoms with Crippen LogP contribution >= 0.6 is 23.2 Å². The lowest BCUT2D eigenvalue weighted by atomic mass is 9.80. The number of halogens is 2. The van der Waals surface area contributed by atoms with E-state index in [2.05, 4.69) is 17.2 Å². The van der Waals surface area contributed by atoms with Gasteiger partial charge in [-0.15, -0.1) is 0 Å². The smallest absolute Gasteiger partial charge is 0.164 e. The van der Waals surface area contributed by atoms with Crippen molar-refractivity contribution in [3.63, 3.8) is 0 Å². The lowest BCUT2D eigenvalue weighted by Crippen LogP contribution is -2.07. The molecule has 1 heterocycles. The normalized spacial score (nSPS) is 15.0. The predicted octanol–water partition coefficient (Wildman–Crippen LogP) is 6.53. The van der Waals surface area contributed by atoms with Crippen LogP contribution in [0.1, 0.15) is 30.7 Å². The maximum Gasteiger partial charge on any atom is 0.164 e. The van der Waals surface area contributed by atoms with Crippen LogP contribution < -0.4 is 4.74 Å². The molecule has 4 rings (SSSR count). The summed E-state index contributed by atoms with van der Waals surface area (Å²) in [7, 11) is 0. The Morgan fingerprint density at radius 3 is 2.50 bits per heavy atom. The largest absolute Gasteiger partial charge is 0.454 e. The molecular formula is C18H15Cl2NO. The van der Waals surface area contributed by atoms with Gasteiger partial charge in [-0.2, -0.15) is 0 Å². The molecule has 0 aliphatic heterocycles. The number of fused-ring (bicyclic) bond motifs is 1. The van der Waals surface area contributed by atoms with E-state index in [1.54, 1.807) is 12.1 Å². The van der Waals surface area contributed by atoms with E-state index in [0.29, 0.717) is 21.7 Å². The second-order valence-electron chi connectivity index (χ2n) is 5.73. The number of aromatic amines is 1. The number of ether oxygens (including phenoxy) is 1. The summed E-state index contributed by atoms with van der Waals surface area (Å²) in [5.41, 5.74) is 2.52. The summed E-state index contributed by atoms with van der Waals surface area (Å²) < 4.78 is 5.93. The molecule has 1 saturated carbocycles. The zero-order valence-electron chi connectivity index (χ0n) is 11.9. The fraction of sp³-hybridized carbons (Fsp3) is 0.222. The van der Waals surface area contributed by atoms with Gasteiger partial charge in [0.15, 0.2) is 5.75 Å². The van der Waals surface area contributed by atoms with Crippen molar-refractivity contribution in [2.45, 2.75) is 25.2 Å². The first kappa shape index (κ1) is 14.0. The van der Waals surface area contributed by atoms with E-state index in [9.17, 15) is 0 Å². The molecule has 1 fully saturated rings. The van der Waals surface area contributed by atoms with Crippen LogP contribution in [-0.4, -0.2) is 4.98 Å². The number of H-pyrrole nitrogens is 1. The Morgan fingerprint density at radius 2 is 1.82 bits per heavy atom. The molecule has 1 aliphatic carbocycles. The van der Waals surface area contributed by atoms with E-state index in [4.69, 9.17) is 27.9 Å². The standard InChI is InChI=1S/C18H15Cl2NO/c19-15-5-2-6-16(20)18(15)22-12-7-8-17-13(9-12)14(10-21-17)11-3-1-4-11/h2,5-11,21H,1,3-4H2. The molecule has 1 aromatic heterocycles. The Balaban J connectivity index is 1.73. The number of hydrogen-bond acceptors (Lipinski definition) is 1. The second kappa shape index (κ2) is 5.53. The lowest BCUT2D eigenvalue weighted by molar-refractivity contribution is 0.422. The van der Waals surface area contributed by atoms with Crippen LogP contribution in [0.3, 0.4) is 0 Å². The summed E-state index contributed by atoms with van der Waals surface area (Å²) >= 11 is 12.3. The minimum Gasteiger partial charge on any atom is -0.454 e. The fourth-order valence-electron chi connectivity index (χ4n) is 2.94. The molecular weight excluding hydrogens is 317 g/mol. The highest BCUT2D eigenvalue weighted by molar-refractivity contribution is 6.37. The molecule has 2 aromatic carbocycles. The van der Waals surface area contributed by atoms with Crippen molar-refractivity contribution in [2.24, 2.45) is 0 Å². The lowest BCUT2D eigenvalue weighted by Gasteiger charge is -2.25. The highest BCUT2D eigenvalue weighted by atomic mass is 35.5. The van der Waals surface area contributed by atoms with Gasteiger partial charge in [0.2, 0.25) is 0 Å². The topological polar surface area (TPSA) is 25.0 Å². The number of para-hydroxylation sites is 1. The van der Waals surface area contributed by atoms with Gasteiger partial charge >= 0.3 is 0 Å². The van der Waals surface area contributed by atoms with Crippen molar-refractivity contribution in [1.29, 1.82) is 0 Å². The van der Waals surface area contributed by atoms with Crippen LogP contribution in [0.4, 0.5) is 0 Å². The first-order valence-corrected chi connectivity index (χ1v) is 8.21. The van der Waals surface area contributed by atoms with Gasteiger partial charge < -0.3 is 9.72 Å². The Labute approximate surface area is 139 Å². The molecule has 1 aliphatic rings. The molecule has 0 saturated heterocycles. The monoisotopic (exact) mass is 331 g/mol. The maximum atomic E-state index is 6.17. The molecule has 0 spiro atoms. The Bertz CT molecular complexity index is 816. The van der Waals surface area contributed by atoms with Gasteiger partial charge in [-0.1, -0.05) is 35.7 Å². The van der Waals surface area contributed by atoms with Crippen molar-refractivity contribution in [1.82, 2.24) is 4.98 Å². The van der Waals surface area contributed by atoms with Crippen molar-refractivity contribution >= 4 is 34.1 Å². The van der Waals surface area contributed by atoms with Gasteiger partial charge in [0, 0.05) is 17.1 Å². The molecule has 0 radical (unpaired) electrons. The van der Waals surface area contributed by atoms with Crippen molar-refractivity contribution in [3.8, 4) is 11.5 Å². The van der Waals surface area contributed by atoms with Crippen LogP contribution in [0.25, 0.3) is 10.9 Å². The zero-order chi connectivity index (χ0) is 15.1. The summed E-state index contributed by atoms with van der Waals surface area (Å²) in [6.07, 6.45) is 5.99. The average molecular weight is 332 g/mol. The van der Waals surface area contributed by atoms with Gasteiger partial charge in [0.1, 0.15) is 5.75 Å². The van der Waals surface area contributed by atoms with E-state index >= 15 is 0 Å². The molecule has 3 aromatic rings. The molecule has 0 amide bonds. The van der Waals surface area contributed by atoms with Gasteiger partial charge in [-0.05, 0) is 54.7 Å². The van der Waals surface area contributed by atoms with E-state index in [0.717, 1.165) is 11.3 Å². The van der Waals surface area contributed by atoms with Crippen LogP contribution in [0.2, 0.25) is 10.0 Å². The minimum atomic E-state index is 0.505. The Kier molecular flexibility index (Phi) is 3.51. The summed E-state index contributed by atoms with van der Waals surface area (Å²) in [6, 6.07) is 11.4. The quantitative estimate of drug-likeness (QED) is 0.579. The fourth-order valence-corrected chi connectivity index (χ4v) is 3.41. The van der Waals surface area contributed by atoms with E-state index in [-0.39, 0.29) is 0 Å². The first-order chi connectivity index (χ1) is 10.7. The van der Waals surface area contributed by atoms with E-state index in [1.807, 2.05) is 18.2 Å². The summed E-state index contributed by atoms with van der Waals surface area (Å²) in [5.74, 6) is 1.93. The molecule has 0 atom stereocenters. The highest BCUT2D eigenvalue weighted by Crippen LogP contribution is 2.41. The Morgan fingerprint density at radius 1 is 1.05 bits per heavy atom. The van der Waals surface area contributed by atoms with Crippen molar-refractivity contribution in [2.75, 3.05) is 0 Å². The number of benzene rings is 2. The summed E-state index contributed by atoms with van der Waals surface area (Å²) in [5, 5.41) is 2.26. The Hall–Kier alpha value is -1.64. The number of hydrogen-bond donors (Lipinski definition) is 1. The molecule has 1 N–H and O–H groups in total. The van der Waals surface area contributed by atoms with Gasteiger partial charge in [0.05, 0.1) is 10.0 Å². The van der Waals surface area contributed by atoms with Crippen LogP contribution in [0.15, 0.2) is 42.6 Å². The molecule has 0 bridgehead atoms. The zero-order valence-corrected chi connectivity index (χ0v) is 13.4. The van der Waals surface area contributed by atoms with Crippen LogP contribution in [0, 0.1) is 0 Å². The number of rotatable bonds is 3. The van der Waals surface area contributed by atoms with Gasteiger partial charge in [-0.3, -0.25) is 0 Å². The molecule has 0 unspecified atom stereocenters. The first-order valence-electron chi connectivity index (χ1n) is 7.45.